The van der Waals surface area contributed by atoms with Crippen molar-refractivity contribution in [3.8, 4) is 0 Å². The third-order valence-electron chi connectivity index (χ3n) is 9.29. The molecule has 0 aliphatic heterocycles. The summed E-state index contributed by atoms with van der Waals surface area (Å²) in [4.78, 5) is 25.2. The van der Waals surface area contributed by atoms with Crippen LogP contribution in [0.5, 0.6) is 0 Å². The SMILES string of the molecule is CCCCCCCC/C=C/CCCCCCCC(=O)OCC(COP(=O)(OC)OCC(O)CO)OC(=O)CCCCCCC/C=C/CCCCCCCC. The molecule has 0 aromatic heterocycles. The summed E-state index contributed by atoms with van der Waals surface area (Å²) in [5, 5.41) is 18.6. The highest BCUT2D eigenvalue weighted by Crippen LogP contribution is 2.48. The van der Waals surface area contributed by atoms with Crippen LogP contribution in [0.25, 0.3) is 0 Å². The largest absolute Gasteiger partial charge is 0.474 e. The second-order valence-electron chi connectivity index (χ2n) is 14.5. The van der Waals surface area contributed by atoms with Crippen molar-refractivity contribution < 1.29 is 47.4 Å². The molecule has 0 amide bonds. The van der Waals surface area contributed by atoms with Crippen LogP contribution in [0.2, 0.25) is 0 Å². The van der Waals surface area contributed by atoms with Gasteiger partial charge < -0.3 is 19.7 Å². The van der Waals surface area contributed by atoms with Crippen molar-refractivity contribution in [3.05, 3.63) is 24.3 Å². The summed E-state index contributed by atoms with van der Waals surface area (Å²) in [5.74, 6) is -0.860. The number of allylic oxidation sites excluding steroid dienone is 4. The Morgan fingerprint density at radius 2 is 0.944 bits per heavy atom. The highest BCUT2D eigenvalue weighted by Gasteiger charge is 2.29. The molecule has 0 bridgehead atoms. The molecular formula is C43H81O10P. The molecule has 3 unspecified atom stereocenters. The average Bonchev–Trinajstić information content (AvgIpc) is 3.17. The van der Waals surface area contributed by atoms with Crippen LogP contribution in [0.1, 0.15) is 194 Å². The van der Waals surface area contributed by atoms with E-state index < -0.39 is 51.8 Å². The third kappa shape index (κ3) is 36.1. The molecule has 10 nitrogen and oxygen atoms in total. The first-order chi connectivity index (χ1) is 26.3. The van der Waals surface area contributed by atoms with E-state index in [2.05, 4.69) is 38.2 Å². The first-order valence-electron chi connectivity index (χ1n) is 21.7. The second kappa shape index (κ2) is 39.7. The molecule has 0 saturated heterocycles. The molecule has 0 rings (SSSR count). The second-order valence-corrected chi connectivity index (χ2v) is 16.3. The van der Waals surface area contributed by atoms with Crippen molar-refractivity contribution in [2.45, 2.75) is 206 Å². The van der Waals surface area contributed by atoms with Crippen molar-refractivity contribution in [2.75, 3.05) is 33.5 Å². The molecule has 0 saturated carbocycles. The summed E-state index contributed by atoms with van der Waals surface area (Å²) < 4.78 is 39.0. The standard InChI is InChI=1S/C43H81O10P/c1-4-6-8-10-12-14-16-18-20-22-24-26-28-30-32-34-42(46)50-38-41(39-52-54(48,49-3)51-37-40(45)36-44)53-43(47)35-33-31-29-27-25-23-21-19-17-15-13-11-9-7-5-2/h18-21,40-41,44-45H,4-17,22-39H2,1-3H3/b20-18+,21-19+. The smallest absolute Gasteiger partial charge is 0.462 e. The molecular weight excluding hydrogens is 707 g/mol. The van der Waals surface area contributed by atoms with Gasteiger partial charge >= 0.3 is 19.8 Å². The molecule has 0 heterocycles. The minimum Gasteiger partial charge on any atom is -0.462 e. The minimum absolute atomic E-state index is 0.207. The average molecular weight is 789 g/mol. The van der Waals surface area contributed by atoms with Gasteiger partial charge in [0.2, 0.25) is 0 Å². The van der Waals surface area contributed by atoms with Gasteiger partial charge in [-0.15, -0.1) is 0 Å². The van der Waals surface area contributed by atoms with Gasteiger partial charge in [-0.2, -0.15) is 0 Å². The Kier molecular flexibility index (Phi) is 38.5. The summed E-state index contributed by atoms with van der Waals surface area (Å²) in [5.41, 5.74) is 0. The van der Waals surface area contributed by atoms with Gasteiger partial charge in [-0.3, -0.25) is 23.2 Å². The van der Waals surface area contributed by atoms with Crippen molar-refractivity contribution in [1.29, 1.82) is 0 Å². The molecule has 11 heteroatoms. The van der Waals surface area contributed by atoms with E-state index in [1.807, 2.05) is 0 Å². The zero-order valence-electron chi connectivity index (χ0n) is 34.7. The molecule has 0 aromatic rings. The van der Waals surface area contributed by atoms with E-state index in [0.29, 0.717) is 12.8 Å². The fourth-order valence-corrected chi connectivity index (χ4v) is 6.84. The zero-order valence-corrected chi connectivity index (χ0v) is 35.6. The summed E-state index contributed by atoms with van der Waals surface area (Å²) in [6.07, 6.45) is 37.6. The number of carbonyl (C=O) groups is 2. The quantitative estimate of drug-likeness (QED) is 0.0266. The minimum atomic E-state index is -4.12. The molecule has 0 aliphatic rings. The topological polar surface area (TPSA) is 138 Å². The number of esters is 2. The molecule has 2 N–H and O–H groups in total. The fraction of sp³-hybridized carbons (Fsp3) is 0.860. The number of phosphoric ester groups is 1. The van der Waals surface area contributed by atoms with Crippen LogP contribution in [-0.2, 0) is 37.2 Å². The lowest BCUT2D eigenvalue weighted by Gasteiger charge is -2.22. The van der Waals surface area contributed by atoms with E-state index in [4.69, 9.17) is 28.2 Å². The van der Waals surface area contributed by atoms with E-state index in [0.717, 1.165) is 71.3 Å². The molecule has 318 valence electrons. The number of aliphatic hydroxyl groups excluding tert-OH is 2. The Labute approximate surface area is 330 Å². The van der Waals surface area contributed by atoms with Crippen LogP contribution in [0.4, 0.5) is 0 Å². The molecule has 54 heavy (non-hydrogen) atoms. The van der Waals surface area contributed by atoms with Gasteiger partial charge in [0.15, 0.2) is 6.10 Å². The van der Waals surface area contributed by atoms with Crippen molar-refractivity contribution in [1.82, 2.24) is 0 Å². The molecule has 0 aliphatic carbocycles. The zero-order chi connectivity index (χ0) is 39.8. The molecule has 0 fully saturated rings. The first kappa shape index (κ1) is 52.5. The summed E-state index contributed by atoms with van der Waals surface area (Å²) in [6, 6.07) is 0. The van der Waals surface area contributed by atoms with E-state index in [1.54, 1.807) is 0 Å². The lowest BCUT2D eigenvalue weighted by molar-refractivity contribution is -0.161. The van der Waals surface area contributed by atoms with E-state index in [-0.39, 0.29) is 19.4 Å². The van der Waals surface area contributed by atoms with Crippen LogP contribution in [0.15, 0.2) is 24.3 Å². The lowest BCUT2D eigenvalue weighted by Crippen LogP contribution is -2.30. The fourth-order valence-electron chi connectivity index (χ4n) is 5.85. The Hall–Kier alpha value is -1.55. The number of aliphatic hydroxyl groups is 2. The molecule has 0 aromatic carbocycles. The van der Waals surface area contributed by atoms with Gasteiger partial charge in [0.1, 0.15) is 12.7 Å². The lowest BCUT2D eigenvalue weighted by atomic mass is 10.1. The van der Waals surface area contributed by atoms with Crippen LogP contribution in [-0.4, -0.2) is 67.9 Å². The van der Waals surface area contributed by atoms with E-state index >= 15 is 0 Å². The first-order valence-corrected chi connectivity index (χ1v) is 23.1. The maximum Gasteiger partial charge on any atom is 0.474 e. The maximum absolute atomic E-state index is 12.8. The Balaban J connectivity index is 4.42. The highest BCUT2D eigenvalue weighted by atomic mass is 31.2. The van der Waals surface area contributed by atoms with Gasteiger partial charge in [0, 0.05) is 20.0 Å². The normalized spacial score (nSPS) is 14.1. The van der Waals surface area contributed by atoms with Crippen LogP contribution >= 0.6 is 7.82 Å². The van der Waals surface area contributed by atoms with Crippen LogP contribution in [0.3, 0.4) is 0 Å². The number of unbranched alkanes of at least 4 members (excludes halogenated alkanes) is 22. The van der Waals surface area contributed by atoms with Crippen molar-refractivity contribution in [2.24, 2.45) is 0 Å². The number of rotatable bonds is 41. The van der Waals surface area contributed by atoms with Gasteiger partial charge in [0.05, 0.1) is 19.8 Å². The number of carbonyl (C=O) groups excluding carboxylic acids is 2. The monoisotopic (exact) mass is 789 g/mol. The van der Waals surface area contributed by atoms with Gasteiger partial charge in [-0.25, -0.2) is 4.57 Å². The summed E-state index contributed by atoms with van der Waals surface area (Å²) in [7, 11) is -3.00. The predicted octanol–water partition coefficient (Wildman–Crippen LogP) is 11.7. The van der Waals surface area contributed by atoms with E-state index in [1.165, 1.54) is 89.9 Å². The molecule has 0 radical (unpaired) electrons. The maximum atomic E-state index is 12.8. The number of hydrogen-bond acceptors (Lipinski definition) is 10. The third-order valence-corrected chi connectivity index (χ3v) is 10.7. The summed E-state index contributed by atoms with van der Waals surface area (Å²) in [6.45, 7) is 2.76. The van der Waals surface area contributed by atoms with Crippen LogP contribution < -0.4 is 0 Å². The van der Waals surface area contributed by atoms with Crippen molar-refractivity contribution >= 4 is 19.8 Å². The number of hydrogen-bond donors (Lipinski definition) is 2. The Morgan fingerprint density at radius 3 is 1.37 bits per heavy atom. The molecule has 3 atom stereocenters. The number of phosphoric acid groups is 1. The van der Waals surface area contributed by atoms with E-state index in [9.17, 15) is 19.3 Å². The summed E-state index contributed by atoms with van der Waals surface area (Å²) >= 11 is 0. The predicted molar refractivity (Wildman–Crippen MR) is 219 cm³/mol. The van der Waals surface area contributed by atoms with Gasteiger partial charge in [-0.1, -0.05) is 141 Å². The Morgan fingerprint density at radius 1 is 0.556 bits per heavy atom. The highest BCUT2D eigenvalue weighted by molar-refractivity contribution is 7.48. The van der Waals surface area contributed by atoms with Crippen LogP contribution in [0, 0.1) is 0 Å². The van der Waals surface area contributed by atoms with Crippen molar-refractivity contribution in [3.63, 3.8) is 0 Å². The van der Waals surface area contributed by atoms with Gasteiger partial charge in [0.25, 0.3) is 0 Å². The Bertz CT molecular complexity index is 957. The number of ether oxygens (including phenoxy) is 2. The molecule has 0 spiro atoms. The van der Waals surface area contributed by atoms with Gasteiger partial charge in [-0.05, 0) is 64.2 Å².